The first-order chi connectivity index (χ1) is 12.6. The minimum atomic E-state index is -1.89. The van der Waals surface area contributed by atoms with Gasteiger partial charge in [-0.3, -0.25) is 9.59 Å². The molecule has 1 aromatic carbocycles. The van der Waals surface area contributed by atoms with Crippen molar-refractivity contribution in [3.8, 4) is 0 Å². The molecule has 0 aliphatic carbocycles. The van der Waals surface area contributed by atoms with Crippen LogP contribution in [0.5, 0.6) is 0 Å². The van der Waals surface area contributed by atoms with Gasteiger partial charge in [-0.05, 0) is 36.7 Å². The summed E-state index contributed by atoms with van der Waals surface area (Å²) in [6.45, 7) is 15.4. The molecule has 3 atom stereocenters. The van der Waals surface area contributed by atoms with Crippen LogP contribution in [-0.4, -0.2) is 44.0 Å². The first-order valence-corrected chi connectivity index (χ1v) is 12.4. The van der Waals surface area contributed by atoms with Gasteiger partial charge in [-0.25, -0.2) is 4.90 Å². The van der Waals surface area contributed by atoms with Crippen LogP contribution in [0.2, 0.25) is 18.1 Å². The van der Waals surface area contributed by atoms with E-state index in [0.717, 1.165) is 0 Å². The Balaban J connectivity index is 1.74. The van der Waals surface area contributed by atoms with E-state index in [1.54, 1.807) is 30.3 Å². The highest BCUT2D eigenvalue weighted by Crippen LogP contribution is 2.39. The molecule has 2 aliphatic heterocycles. The van der Waals surface area contributed by atoms with E-state index >= 15 is 0 Å². The predicted molar refractivity (Wildman–Crippen MR) is 107 cm³/mol. The van der Waals surface area contributed by atoms with E-state index in [4.69, 9.17) is 9.16 Å². The summed E-state index contributed by atoms with van der Waals surface area (Å²) in [5.74, 6) is -0.683. The summed E-state index contributed by atoms with van der Waals surface area (Å²) in [4.78, 5) is 26.8. The van der Waals surface area contributed by atoms with Gasteiger partial charge in [0.05, 0.1) is 23.8 Å². The molecule has 1 aromatic rings. The molecular weight excluding hydrogens is 358 g/mol. The Morgan fingerprint density at radius 3 is 2.26 bits per heavy atom. The fourth-order valence-corrected chi connectivity index (χ4v) is 4.34. The summed E-state index contributed by atoms with van der Waals surface area (Å²) >= 11 is 0. The van der Waals surface area contributed by atoms with Gasteiger partial charge >= 0.3 is 0 Å². The van der Waals surface area contributed by atoms with E-state index < -0.39 is 14.5 Å². The molecule has 2 amide bonds. The quantitative estimate of drug-likeness (QED) is 0.431. The summed E-state index contributed by atoms with van der Waals surface area (Å²) in [5.41, 5.74) is 0.879. The lowest BCUT2D eigenvalue weighted by Gasteiger charge is -2.36. The Hall–Kier alpha value is -1.76. The third-order valence-corrected chi connectivity index (χ3v) is 10.6. The van der Waals surface area contributed by atoms with Gasteiger partial charge in [0.15, 0.2) is 8.32 Å². The second-order valence-electron chi connectivity index (χ2n) is 8.88. The molecular formula is C21H29NO4Si. The monoisotopic (exact) mass is 387 g/mol. The Kier molecular flexibility index (Phi) is 5.18. The van der Waals surface area contributed by atoms with Crippen molar-refractivity contribution < 1.29 is 18.8 Å². The lowest BCUT2D eigenvalue weighted by molar-refractivity contribution is -0.0493. The second kappa shape index (κ2) is 7.00. The van der Waals surface area contributed by atoms with Crippen LogP contribution in [0.3, 0.4) is 0 Å². The van der Waals surface area contributed by atoms with Gasteiger partial charge in [0, 0.05) is 5.92 Å². The molecule has 2 aliphatic rings. The molecule has 1 unspecified atom stereocenters. The molecule has 6 heteroatoms. The molecule has 1 fully saturated rings. The summed E-state index contributed by atoms with van der Waals surface area (Å²) in [7, 11) is -1.89. The van der Waals surface area contributed by atoms with E-state index in [2.05, 4.69) is 40.4 Å². The van der Waals surface area contributed by atoms with Gasteiger partial charge in [-0.2, -0.15) is 0 Å². The van der Waals surface area contributed by atoms with Crippen LogP contribution in [0.25, 0.3) is 0 Å². The number of carbonyl (C=O) groups excluding carboxylic acids is 2. The number of ether oxygens (including phenoxy) is 1. The molecule has 146 valence electrons. The molecule has 27 heavy (non-hydrogen) atoms. The smallest absolute Gasteiger partial charge is 0.263 e. The number of carbonyl (C=O) groups is 2. The van der Waals surface area contributed by atoms with Crippen LogP contribution in [0.4, 0.5) is 0 Å². The van der Waals surface area contributed by atoms with Gasteiger partial charge in [0.1, 0.15) is 6.23 Å². The number of amides is 2. The van der Waals surface area contributed by atoms with E-state index in [1.165, 1.54) is 4.90 Å². The molecule has 3 rings (SSSR count). The highest BCUT2D eigenvalue weighted by atomic mass is 28.4. The van der Waals surface area contributed by atoms with Gasteiger partial charge in [-0.1, -0.05) is 39.0 Å². The second-order valence-corrected chi connectivity index (χ2v) is 13.7. The van der Waals surface area contributed by atoms with Crippen molar-refractivity contribution in [2.24, 2.45) is 5.92 Å². The van der Waals surface area contributed by atoms with Crippen molar-refractivity contribution in [2.75, 3.05) is 6.61 Å². The minimum Gasteiger partial charge on any atom is -0.414 e. The van der Waals surface area contributed by atoms with Crippen LogP contribution in [0.15, 0.2) is 36.9 Å². The normalized spacial score (nSPS) is 25.8. The molecule has 2 heterocycles. The Bertz CT molecular complexity index is 733. The Labute approximate surface area is 162 Å². The van der Waals surface area contributed by atoms with Crippen molar-refractivity contribution in [3.05, 3.63) is 48.0 Å². The summed E-state index contributed by atoms with van der Waals surface area (Å²) in [6.07, 6.45) is 1.69. The third kappa shape index (κ3) is 3.53. The van der Waals surface area contributed by atoms with Crippen LogP contribution in [0, 0.1) is 5.92 Å². The number of nitrogens with zero attached hydrogens (tertiary/aromatic N) is 1. The largest absolute Gasteiger partial charge is 0.414 e. The molecule has 1 saturated heterocycles. The standard InChI is InChI=1S/C21H29NO4Si/c1-7-14-12-15(13-25-27(5,6)21(2,3)4)26-20(14)22-18(23)16-10-8-9-11-17(16)19(22)24/h7-11,14-15,20H,1,12-13H2,2-6H3/t14-,15-,20?/m1/s1. The highest BCUT2D eigenvalue weighted by Gasteiger charge is 2.47. The molecule has 0 N–H and O–H groups in total. The van der Waals surface area contributed by atoms with Crippen molar-refractivity contribution in [1.82, 2.24) is 4.90 Å². The zero-order valence-corrected chi connectivity index (χ0v) is 17.8. The van der Waals surface area contributed by atoms with Crippen LogP contribution < -0.4 is 0 Å². The molecule has 0 bridgehead atoms. The molecule has 0 aromatic heterocycles. The van der Waals surface area contributed by atoms with Gasteiger partial charge in [0.25, 0.3) is 11.8 Å². The summed E-state index contributed by atoms with van der Waals surface area (Å²) in [6, 6.07) is 6.91. The third-order valence-electron chi connectivity index (χ3n) is 6.05. The van der Waals surface area contributed by atoms with Gasteiger partial charge in [-0.15, -0.1) is 6.58 Å². The summed E-state index contributed by atoms with van der Waals surface area (Å²) in [5, 5.41) is 0.116. The first kappa shape index (κ1) is 20.0. The number of benzene rings is 1. The highest BCUT2D eigenvalue weighted by molar-refractivity contribution is 6.74. The van der Waals surface area contributed by atoms with E-state index in [9.17, 15) is 9.59 Å². The molecule has 0 radical (unpaired) electrons. The van der Waals surface area contributed by atoms with E-state index in [1.807, 2.05) is 0 Å². The zero-order chi connectivity index (χ0) is 20.0. The zero-order valence-electron chi connectivity index (χ0n) is 16.8. The van der Waals surface area contributed by atoms with Crippen LogP contribution in [0.1, 0.15) is 47.9 Å². The lowest BCUT2D eigenvalue weighted by Crippen LogP contribution is -2.44. The van der Waals surface area contributed by atoms with Crippen molar-refractivity contribution in [2.45, 2.75) is 57.7 Å². The number of fused-ring (bicyclic) bond motifs is 1. The average Bonchev–Trinajstić information content (AvgIpc) is 3.12. The number of hydrogen-bond acceptors (Lipinski definition) is 4. The predicted octanol–water partition coefficient (Wildman–Crippen LogP) is 4.22. The number of rotatable bonds is 5. The minimum absolute atomic E-state index is 0.0970. The topological polar surface area (TPSA) is 55.8 Å². The van der Waals surface area contributed by atoms with Crippen LogP contribution in [-0.2, 0) is 9.16 Å². The Morgan fingerprint density at radius 1 is 1.22 bits per heavy atom. The van der Waals surface area contributed by atoms with E-state index in [-0.39, 0.29) is 28.9 Å². The van der Waals surface area contributed by atoms with Crippen molar-refractivity contribution >= 4 is 20.1 Å². The average molecular weight is 388 g/mol. The molecule has 0 spiro atoms. The van der Waals surface area contributed by atoms with Crippen molar-refractivity contribution in [3.63, 3.8) is 0 Å². The SMILES string of the molecule is C=C[C@@H]1C[C@H](CO[Si](C)(C)C(C)(C)C)OC1N1C(=O)c2ccccc2C1=O. The number of imide groups is 1. The fourth-order valence-electron chi connectivity index (χ4n) is 3.30. The molecule has 5 nitrogen and oxygen atoms in total. The maximum absolute atomic E-state index is 12.8. The summed E-state index contributed by atoms with van der Waals surface area (Å²) < 4.78 is 12.4. The number of hydrogen-bond donors (Lipinski definition) is 0. The lowest BCUT2D eigenvalue weighted by atomic mass is 10.0. The maximum atomic E-state index is 12.8. The molecule has 0 saturated carbocycles. The Morgan fingerprint density at radius 2 is 1.78 bits per heavy atom. The van der Waals surface area contributed by atoms with Gasteiger partial charge < -0.3 is 9.16 Å². The van der Waals surface area contributed by atoms with E-state index in [0.29, 0.717) is 24.2 Å². The van der Waals surface area contributed by atoms with Crippen molar-refractivity contribution in [1.29, 1.82) is 0 Å². The maximum Gasteiger partial charge on any atom is 0.263 e. The van der Waals surface area contributed by atoms with Crippen LogP contribution >= 0.6 is 0 Å². The fraction of sp³-hybridized carbons (Fsp3) is 0.524. The first-order valence-electron chi connectivity index (χ1n) is 9.45. The van der Waals surface area contributed by atoms with Gasteiger partial charge in [0.2, 0.25) is 0 Å².